The average molecular weight is 561 g/mol. The van der Waals surface area contributed by atoms with Crippen LogP contribution in [0.4, 0.5) is 0 Å². The number of benzene rings is 9. The van der Waals surface area contributed by atoms with Crippen molar-refractivity contribution in [1.82, 2.24) is 0 Å². The maximum Gasteiger partial charge on any atom is 0.0433 e. The third-order valence-corrected chi connectivity index (χ3v) is 10.6. The monoisotopic (exact) mass is 560 g/mol. The molecule has 0 saturated carbocycles. The zero-order chi connectivity index (χ0) is 28.1. The highest BCUT2D eigenvalue weighted by Crippen LogP contribution is 2.48. The lowest BCUT2D eigenvalue weighted by Gasteiger charge is -2.19. The van der Waals surface area contributed by atoms with Crippen LogP contribution in [0.3, 0.4) is 0 Å². The van der Waals surface area contributed by atoms with Crippen molar-refractivity contribution >= 4 is 85.4 Å². The summed E-state index contributed by atoms with van der Waals surface area (Å²) in [6.07, 6.45) is 0. The Morgan fingerprint density at radius 3 is 1.67 bits per heavy atom. The summed E-state index contributed by atoms with van der Waals surface area (Å²) in [6, 6.07) is 54.2. The molecule has 1 heterocycles. The van der Waals surface area contributed by atoms with Crippen molar-refractivity contribution < 1.29 is 0 Å². The highest BCUT2D eigenvalue weighted by Gasteiger charge is 2.19. The Bertz CT molecular complexity index is 2710. The summed E-state index contributed by atoms with van der Waals surface area (Å²) >= 11 is 1.91. The fourth-order valence-corrected chi connectivity index (χ4v) is 8.74. The van der Waals surface area contributed by atoms with Gasteiger partial charge in [-0.05, 0) is 100 Å². The lowest BCUT2D eigenvalue weighted by Crippen LogP contribution is -1.91. The van der Waals surface area contributed by atoms with Gasteiger partial charge in [-0.1, -0.05) is 121 Å². The van der Waals surface area contributed by atoms with E-state index in [-0.39, 0.29) is 0 Å². The number of hydrogen-bond acceptors (Lipinski definition) is 1. The Labute approximate surface area is 252 Å². The minimum atomic E-state index is 1.25. The molecule has 43 heavy (non-hydrogen) atoms. The topological polar surface area (TPSA) is 0 Å². The molecule has 9 aromatic carbocycles. The third kappa shape index (κ3) is 3.20. The van der Waals surface area contributed by atoms with Crippen LogP contribution in [0, 0.1) is 0 Å². The molecule has 1 heteroatoms. The summed E-state index contributed by atoms with van der Waals surface area (Å²) < 4.78 is 2.70. The second-order valence-electron chi connectivity index (χ2n) is 11.6. The van der Waals surface area contributed by atoms with Crippen molar-refractivity contribution in [2.75, 3.05) is 0 Å². The Balaban J connectivity index is 1.42. The van der Waals surface area contributed by atoms with Crippen molar-refractivity contribution in [2.45, 2.75) is 0 Å². The number of hydrogen-bond donors (Lipinski definition) is 0. The van der Waals surface area contributed by atoms with E-state index in [1.807, 2.05) is 11.3 Å². The smallest absolute Gasteiger partial charge is 0.0433 e. The van der Waals surface area contributed by atoms with Crippen LogP contribution in [0.5, 0.6) is 0 Å². The van der Waals surface area contributed by atoms with Gasteiger partial charge in [-0.3, -0.25) is 0 Å². The molecule has 0 aliphatic heterocycles. The molecular weight excluding hydrogens is 537 g/mol. The summed E-state index contributed by atoms with van der Waals surface area (Å²) in [6.45, 7) is 0. The molecule has 0 N–H and O–H groups in total. The summed E-state index contributed by atoms with van der Waals surface area (Å²) in [7, 11) is 0. The van der Waals surface area contributed by atoms with Gasteiger partial charge in [-0.25, -0.2) is 0 Å². The van der Waals surface area contributed by atoms with E-state index in [1.54, 1.807) is 0 Å². The van der Waals surface area contributed by atoms with Gasteiger partial charge < -0.3 is 0 Å². The van der Waals surface area contributed by atoms with Crippen molar-refractivity contribution in [3.63, 3.8) is 0 Å². The van der Waals surface area contributed by atoms with Crippen LogP contribution in [-0.2, 0) is 0 Å². The molecule has 0 aliphatic carbocycles. The maximum atomic E-state index is 2.47. The predicted octanol–water partition coefficient (Wildman–Crippen LogP) is 12.6. The van der Waals surface area contributed by atoms with Crippen LogP contribution >= 0.6 is 11.3 Å². The van der Waals surface area contributed by atoms with Gasteiger partial charge in [0.15, 0.2) is 0 Å². The number of fused-ring (bicyclic) bond motifs is 9. The first-order chi connectivity index (χ1) is 21.3. The zero-order valence-corrected chi connectivity index (χ0v) is 24.1. The van der Waals surface area contributed by atoms with Crippen molar-refractivity contribution in [1.29, 1.82) is 0 Å². The van der Waals surface area contributed by atoms with Gasteiger partial charge in [-0.15, -0.1) is 11.3 Å². The highest BCUT2D eigenvalue weighted by molar-refractivity contribution is 7.26. The molecule has 0 radical (unpaired) electrons. The minimum Gasteiger partial charge on any atom is -0.135 e. The molecule has 10 rings (SSSR count). The van der Waals surface area contributed by atoms with Crippen LogP contribution < -0.4 is 0 Å². The Kier molecular flexibility index (Phi) is 4.69. The predicted molar refractivity (Wildman–Crippen MR) is 189 cm³/mol. The fraction of sp³-hybridized carbons (Fsp3) is 0. The molecule has 0 spiro atoms. The molecule has 1 aromatic heterocycles. The van der Waals surface area contributed by atoms with Crippen molar-refractivity contribution in [3.05, 3.63) is 146 Å². The summed E-state index contributed by atoms with van der Waals surface area (Å²) in [5, 5.41) is 16.0. The summed E-state index contributed by atoms with van der Waals surface area (Å²) in [5.74, 6) is 0. The van der Waals surface area contributed by atoms with Crippen LogP contribution in [0.25, 0.3) is 96.3 Å². The van der Waals surface area contributed by atoms with Crippen LogP contribution in [0.1, 0.15) is 0 Å². The molecule has 0 amide bonds. The van der Waals surface area contributed by atoms with Gasteiger partial charge in [0.1, 0.15) is 0 Å². The number of thiophene rings is 1. The van der Waals surface area contributed by atoms with Gasteiger partial charge in [0, 0.05) is 20.2 Å². The molecule has 0 atom stereocenters. The Hall–Kier alpha value is -5.24. The molecule has 198 valence electrons. The first-order valence-electron chi connectivity index (χ1n) is 14.9. The SMILES string of the molecule is c1ccc(-c2ccc3c(c2)c2cc(-c4cccc5c4sc4ccccc45)cc4c5ccccc5c5cccc3c5c42)cc1. The van der Waals surface area contributed by atoms with E-state index in [2.05, 4.69) is 146 Å². The molecule has 0 nitrogen and oxygen atoms in total. The Morgan fingerprint density at radius 1 is 0.302 bits per heavy atom. The minimum absolute atomic E-state index is 1.25. The molecule has 10 aromatic rings. The summed E-state index contributed by atoms with van der Waals surface area (Å²) in [5.41, 5.74) is 5.08. The largest absolute Gasteiger partial charge is 0.135 e. The van der Waals surface area contributed by atoms with E-state index in [0.29, 0.717) is 0 Å². The zero-order valence-electron chi connectivity index (χ0n) is 23.3. The average Bonchev–Trinajstić information content (AvgIpc) is 3.47. The van der Waals surface area contributed by atoms with Crippen molar-refractivity contribution in [2.24, 2.45) is 0 Å². The van der Waals surface area contributed by atoms with E-state index < -0.39 is 0 Å². The summed E-state index contributed by atoms with van der Waals surface area (Å²) in [4.78, 5) is 0. The first-order valence-corrected chi connectivity index (χ1v) is 15.7. The van der Waals surface area contributed by atoms with Gasteiger partial charge in [0.25, 0.3) is 0 Å². The maximum absolute atomic E-state index is 2.47. The van der Waals surface area contributed by atoms with E-state index >= 15 is 0 Å². The number of rotatable bonds is 2. The van der Waals surface area contributed by atoms with E-state index in [9.17, 15) is 0 Å². The van der Waals surface area contributed by atoms with Crippen molar-refractivity contribution in [3.8, 4) is 22.3 Å². The van der Waals surface area contributed by atoms with Crippen LogP contribution in [0.15, 0.2) is 146 Å². The lowest BCUT2D eigenvalue weighted by molar-refractivity contribution is 1.65. The first kappa shape index (κ1) is 23.3. The molecule has 0 fully saturated rings. The molecule has 0 aliphatic rings. The van der Waals surface area contributed by atoms with E-state index in [4.69, 9.17) is 0 Å². The Morgan fingerprint density at radius 2 is 0.860 bits per heavy atom. The standard InChI is InChI=1S/C42H24S/c1-2-10-25(11-3-1)26-20-21-31-34-17-9-16-33-29-12-4-5-13-30(29)37-23-27(24-38(36(31)22-26)41(37)40(33)34)28-15-8-18-35-32-14-6-7-19-39(32)43-42(28)35/h1-24H. The molecule has 0 bridgehead atoms. The quantitative estimate of drug-likeness (QED) is 0.146. The van der Waals surface area contributed by atoms with Gasteiger partial charge in [-0.2, -0.15) is 0 Å². The lowest BCUT2D eigenvalue weighted by atomic mass is 9.84. The highest BCUT2D eigenvalue weighted by atomic mass is 32.1. The van der Waals surface area contributed by atoms with E-state index in [0.717, 1.165) is 0 Å². The molecule has 0 unspecified atom stereocenters. The molecular formula is C42H24S. The van der Waals surface area contributed by atoms with Gasteiger partial charge in [0.05, 0.1) is 0 Å². The normalized spacial score (nSPS) is 12.2. The van der Waals surface area contributed by atoms with Gasteiger partial charge >= 0.3 is 0 Å². The third-order valence-electron chi connectivity index (χ3n) is 9.38. The second-order valence-corrected chi connectivity index (χ2v) is 12.7. The molecule has 0 saturated heterocycles. The van der Waals surface area contributed by atoms with E-state index in [1.165, 1.54) is 96.3 Å². The fourth-order valence-electron chi connectivity index (χ4n) is 7.50. The van der Waals surface area contributed by atoms with Crippen LogP contribution in [-0.4, -0.2) is 0 Å². The van der Waals surface area contributed by atoms with Crippen LogP contribution in [0.2, 0.25) is 0 Å². The van der Waals surface area contributed by atoms with Gasteiger partial charge in [0.2, 0.25) is 0 Å². The second kappa shape index (κ2) is 8.64.